The maximum absolute atomic E-state index is 12.7. The Labute approximate surface area is 423 Å². The molecular weight excluding hydrogens is 907 g/mol. The van der Waals surface area contributed by atoms with Gasteiger partial charge in [-0.05, 0) is 83.9 Å². The zero-order valence-corrected chi connectivity index (χ0v) is 34.7. The van der Waals surface area contributed by atoms with Gasteiger partial charge in [0.15, 0.2) is 0 Å². The summed E-state index contributed by atoms with van der Waals surface area (Å²) < 4.78 is 95.2. The van der Waals surface area contributed by atoms with Crippen LogP contribution >= 0.6 is 0 Å². The number of ether oxygens (including phenoxy) is 4. The van der Waals surface area contributed by atoms with E-state index in [1.807, 2.05) is 24.3 Å². The third kappa shape index (κ3) is 13.7. The minimum absolute atomic E-state index is 0. The van der Waals surface area contributed by atoms with E-state index in [-0.39, 0.29) is 117 Å². The number of hydrogen-bond acceptors (Lipinski definition) is 14. The van der Waals surface area contributed by atoms with Gasteiger partial charge in [-0.15, -0.1) is 0 Å². The van der Waals surface area contributed by atoms with Crippen LogP contribution in [0.4, 0.5) is 23.3 Å². The van der Waals surface area contributed by atoms with Crippen molar-refractivity contribution in [2.24, 2.45) is 0 Å². The molecular formula is C46H36N6Na2O10S2. The Morgan fingerprint density at radius 3 is 0.924 bits per heavy atom. The van der Waals surface area contributed by atoms with Crippen LogP contribution in [0.2, 0.25) is 0 Å². The summed E-state index contributed by atoms with van der Waals surface area (Å²) in [6, 6.07) is 46.5. The second-order valence-electron chi connectivity index (χ2n) is 13.4. The molecule has 16 nitrogen and oxygen atoms in total. The molecule has 0 fully saturated rings. The third-order valence-electron chi connectivity index (χ3n) is 8.76. The van der Waals surface area contributed by atoms with Crippen LogP contribution in [0.1, 0.15) is 11.1 Å². The van der Waals surface area contributed by atoms with Crippen molar-refractivity contribution < 1.29 is 44.9 Å². The first-order valence-electron chi connectivity index (χ1n) is 19.0. The summed E-state index contributed by atoms with van der Waals surface area (Å²) in [4.78, 5) is 16.6. The normalized spacial score (nSPS) is 11.1. The third-order valence-corrected chi connectivity index (χ3v) is 10.6. The van der Waals surface area contributed by atoms with Crippen molar-refractivity contribution in [2.75, 3.05) is 10.6 Å². The molecule has 0 spiro atoms. The van der Waals surface area contributed by atoms with Gasteiger partial charge >= 0.3 is 59.1 Å². The van der Waals surface area contributed by atoms with Crippen LogP contribution in [0, 0.1) is 0 Å². The zero-order chi connectivity index (χ0) is 44.5. The molecule has 0 aliphatic rings. The number of hydrogen-bond donors (Lipinski definition) is 4. The van der Waals surface area contributed by atoms with E-state index in [9.17, 15) is 25.9 Å². The van der Waals surface area contributed by atoms with Crippen molar-refractivity contribution in [2.45, 2.75) is 9.79 Å². The fourth-order valence-corrected chi connectivity index (χ4v) is 7.37. The molecule has 324 valence electrons. The second kappa shape index (κ2) is 22.4. The molecule has 0 saturated heterocycles. The van der Waals surface area contributed by atoms with Gasteiger partial charge < -0.3 is 29.6 Å². The summed E-state index contributed by atoms with van der Waals surface area (Å²) in [7, 11) is -9.74. The van der Waals surface area contributed by atoms with Gasteiger partial charge in [0, 0.05) is 11.4 Å². The summed E-state index contributed by atoms with van der Waals surface area (Å²) in [5, 5.41) is 5.86. The molecule has 0 aliphatic heterocycles. The number of rotatable bonds is 16. The van der Waals surface area contributed by atoms with Crippen LogP contribution < -0.4 is 29.6 Å². The van der Waals surface area contributed by atoms with Gasteiger partial charge in [0.05, 0.1) is 12.1 Å². The molecule has 0 unspecified atom stereocenters. The van der Waals surface area contributed by atoms with Crippen LogP contribution in [0.5, 0.6) is 46.5 Å². The fraction of sp³-hybridized carbons (Fsp3) is 0. The van der Waals surface area contributed by atoms with E-state index in [4.69, 9.17) is 18.9 Å². The van der Waals surface area contributed by atoms with E-state index in [0.717, 1.165) is 12.1 Å². The quantitative estimate of drug-likeness (QED) is 0.0403. The first-order chi connectivity index (χ1) is 30.9. The second-order valence-corrected chi connectivity index (χ2v) is 16.2. The van der Waals surface area contributed by atoms with Gasteiger partial charge in [0.25, 0.3) is 20.2 Å². The number of nitrogens with zero attached hydrogens (tertiary/aromatic N) is 4. The van der Waals surface area contributed by atoms with E-state index in [0.29, 0.717) is 23.0 Å². The van der Waals surface area contributed by atoms with Crippen LogP contribution in [0.15, 0.2) is 180 Å². The Morgan fingerprint density at radius 1 is 0.394 bits per heavy atom. The van der Waals surface area contributed by atoms with Gasteiger partial charge in [-0.3, -0.25) is 9.11 Å². The summed E-state index contributed by atoms with van der Waals surface area (Å²) in [5.41, 5.74) is 0.251. The molecule has 8 aromatic rings. The zero-order valence-electron chi connectivity index (χ0n) is 33.1. The standard InChI is InChI=1S/C46H34N6O10S2.2Na.2H/c53-63(54,55)39-27-33(47-45-49-41(59-35-13-5-1-6-14-35)29-42(50-45)60-36-15-7-2-8-16-36)25-23-31(39)21-22-32-24-26-34(28-40(32)64(56,57)58)48-46-51-43(61-37-17-9-3-10-18-37)30-44(52-46)62-38-19-11-4-12-20-38;;;;/h1-30H,(H,47,49,50)(H,48,51,52)(H,53,54,55)(H,56,57,58);;;;. The Balaban J connectivity index is 0.00000360. The van der Waals surface area contributed by atoms with Gasteiger partial charge in [-0.2, -0.15) is 36.8 Å². The first kappa shape index (κ1) is 49.3. The van der Waals surface area contributed by atoms with E-state index in [2.05, 4.69) is 30.6 Å². The molecule has 0 bridgehead atoms. The topological polar surface area (TPSA) is 221 Å². The number of anilines is 4. The predicted octanol–water partition coefficient (Wildman–Crippen LogP) is 9.29. The maximum atomic E-state index is 12.7. The average molecular weight is 943 g/mol. The van der Waals surface area contributed by atoms with Crippen molar-refractivity contribution >= 4 is 115 Å². The monoisotopic (exact) mass is 942 g/mol. The van der Waals surface area contributed by atoms with Gasteiger partial charge in [-0.1, -0.05) is 97.1 Å². The molecule has 0 aliphatic carbocycles. The van der Waals surface area contributed by atoms with E-state index >= 15 is 0 Å². The number of aromatic nitrogens is 4. The number of nitrogens with one attached hydrogen (secondary N) is 2. The van der Waals surface area contributed by atoms with Crippen LogP contribution in [-0.2, 0) is 20.2 Å². The molecule has 4 N–H and O–H groups in total. The predicted molar refractivity (Wildman–Crippen MR) is 252 cm³/mol. The minimum atomic E-state index is -4.87. The molecule has 6 aromatic carbocycles. The number of benzene rings is 6. The molecule has 2 aromatic heterocycles. The van der Waals surface area contributed by atoms with E-state index in [1.165, 1.54) is 48.6 Å². The summed E-state index contributed by atoms with van der Waals surface area (Å²) in [6.07, 6.45) is 2.53. The summed E-state index contributed by atoms with van der Waals surface area (Å²) >= 11 is 0. The van der Waals surface area contributed by atoms with Crippen molar-refractivity contribution in [1.82, 2.24) is 19.9 Å². The Morgan fingerprint density at radius 2 is 0.667 bits per heavy atom. The summed E-state index contributed by atoms with van der Waals surface area (Å²) in [5.74, 6) is 2.33. The molecule has 8 rings (SSSR count). The fourth-order valence-electron chi connectivity index (χ4n) is 5.95. The van der Waals surface area contributed by atoms with Gasteiger partial charge in [0.2, 0.25) is 35.4 Å². The average Bonchev–Trinajstić information content (AvgIpc) is 3.27. The van der Waals surface area contributed by atoms with Crippen molar-refractivity contribution in [3.05, 3.63) is 181 Å². The number of para-hydroxylation sites is 4. The van der Waals surface area contributed by atoms with E-state index < -0.39 is 30.0 Å². The molecule has 0 saturated carbocycles. The van der Waals surface area contributed by atoms with Gasteiger partial charge in [0.1, 0.15) is 32.8 Å². The molecule has 66 heavy (non-hydrogen) atoms. The van der Waals surface area contributed by atoms with Crippen molar-refractivity contribution in [1.29, 1.82) is 0 Å². The van der Waals surface area contributed by atoms with Crippen LogP contribution in [0.25, 0.3) is 12.2 Å². The Hall–Kier alpha value is -6.16. The van der Waals surface area contributed by atoms with Crippen LogP contribution in [-0.4, -0.2) is 105 Å². The Bertz CT molecular complexity index is 2850. The van der Waals surface area contributed by atoms with E-state index in [1.54, 1.807) is 97.1 Å². The molecule has 0 atom stereocenters. The van der Waals surface area contributed by atoms with Gasteiger partial charge in [-0.25, -0.2) is 0 Å². The van der Waals surface area contributed by atoms with Crippen molar-refractivity contribution in [3.8, 4) is 46.5 Å². The SMILES string of the molecule is O=S(=O)(O)c1cc(Nc2nc(Oc3ccccc3)cc(Oc3ccccc3)n2)ccc1C=Cc1ccc(Nc2nc(Oc3ccccc3)cc(Oc3ccccc3)n2)cc1S(=O)(=O)O.[NaH].[NaH]. The molecule has 20 heteroatoms. The first-order valence-corrected chi connectivity index (χ1v) is 21.9. The molecule has 0 amide bonds. The molecule has 0 radical (unpaired) electrons. The van der Waals surface area contributed by atoms with Crippen LogP contribution in [0.3, 0.4) is 0 Å². The molecule has 2 heterocycles. The summed E-state index contributed by atoms with van der Waals surface area (Å²) in [6.45, 7) is 0. The Kier molecular flexibility index (Phi) is 16.7. The van der Waals surface area contributed by atoms with Crippen molar-refractivity contribution in [3.63, 3.8) is 0 Å².